The van der Waals surface area contributed by atoms with E-state index in [2.05, 4.69) is 4.98 Å². The highest BCUT2D eigenvalue weighted by atomic mass is 35.5. The van der Waals surface area contributed by atoms with Gasteiger partial charge in [-0.05, 0) is 61.0 Å². The molecule has 2 aromatic heterocycles. The van der Waals surface area contributed by atoms with Crippen molar-refractivity contribution in [3.05, 3.63) is 82.6 Å². The molecule has 7 heteroatoms. The molecule has 0 atom stereocenters. The van der Waals surface area contributed by atoms with Crippen LogP contribution in [0.15, 0.2) is 60.8 Å². The summed E-state index contributed by atoms with van der Waals surface area (Å²) >= 11 is 7.75. The second-order valence-electron chi connectivity index (χ2n) is 7.17. The third-order valence-corrected chi connectivity index (χ3v) is 6.34. The van der Waals surface area contributed by atoms with Crippen LogP contribution in [-0.2, 0) is 6.54 Å². The number of fused-ring (bicyclic) bond motifs is 1. The zero-order chi connectivity index (χ0) is 21.3. The minimum absolute atomic E-state index is 0.117. The first kappa shape index (κ1) is 20.3. The zero-order valence-electron chi connectivity index (χ0n) is 17.0. The predicted octanol–water partition coefficient (Wildman–Crippen LogP) is 5.57. The van der Waals surface area contributed by atoms with Crippen LogP contribution in [-0.4, -0.2) is 30.0 Å². The lowest BCUT2D eigenvalue weighted by atomic mass is 10.1. The van der Waals surface area contributed by atoms with Gasteiger partial charge >= 0.3 is 0 Å². The Kier molecular flexibility index (Phi) is 5.70. The number of nitrogens with zero attached hydrogens (tertiary/aromatic N) is 4. The Morgan fingerprint density at radius 3 is 2.50 bits per heavy atom. The molecule has 0 unspecified atom stereocenters. The number of aromatic nitrogens is 2. The summed E-state index contributed by atoms with van der Waals surface area (Å²) in [6.45, 7) is 2.28. The van der Waals surface area contributed by atoms with Crippen LogP contribution >= 0.6 is 22.9 Å². The van der Waals surface area contributed by atoms with Crippen molar-refractivity contribution in [1.82, 2.24) is 9.97 Å². The molecule has 5 nitrogen and oxygen atoms in total. The van der Waals surface area contributed by atoms with Crippen molar-refractivity contribution in [1.29, 1.82) is 0 Å². The number of hydrogen-bond acceptors (Lipinski definition) is 5. The molecule has 4 aromatic rings. The summed E-state index contributed by atoms with van der Waals surface area (Å²) in [5.41, 5.74) is 4.17. The van der Waals surface area contributed by atoms with Crippen LogP contribution in [0.3, 0.4) is 0 Å². The van der Waals surface area contributed by atoms with Crippen molar-refractivity contribution >= 4 is 49.9 Å². The maximum absolute atomic E-state index is 13.5. The molecule has 0 aliphatic heterocycles. The van der Waals surface area contributed by atoms with Gasteiger partial charge in [0, 0.05) is 36.6 Å². The Bertz CT molecular complexity index is 1190. The van der Waals surface area contributed by atoms with E-state index in [0.717, 1.165) is 27.2 Å². The number of rotatable bonds is 5. The number of anilines is 2. The van der Waals surface area contributed by atoms with Crippen LogP contribution in [0.1, 0.15) is 21.6 Å². The average molecular weight is 437 g/mol. The monoisotopic (exact) mass is 436 g/mol. The molecule has 4 rings (SSSR count). The fourth-order valence-corrected chi connectivity index (χ4v) is 4.32. The molecular weight excluding hydrogens is 416 g/mol. The molecule has 0 spiro atoms. The maximum atomic E-state index is 13.5. The van der Waals surface area contributed by atoms with Gasteiger partial charge < -0.3 is 4.90 Å². The standard InChI is InChI=1S/C23H21ClN4OS/c1-15-19(24)11-12-20-21(15)26-23(30-20)28(14-17-6-4-5-13-25-17)22(29)16-7-9-18(10-8-16)27(2)3/h4-13H,14H2,1-3H3. The van der Waals surface area contributed by atoms with Crippen LogP contribution in [0.2, 0.25) is 5.02 Å². The minimum Gasteiger partial charge on any atom is -0.378 e. The largest absolute Gasteiger partial charge is 0.378 e. The van der Waals surface area contributed by atoms with E-state index in [1.165, 1.54) is 11.3 Å². The Morgan fingerprint density at radius 2 is 1.83 bits per heavy atom. The zero-order valence-corrected chi connectivity index (χ0v) is 18.5. The molecule has 0 aliphatic rings. The van der Waals surface area contributed by atoms with Crippen LogP contribution in [0, 0.1) is 6.92 Å². The average Bonchev–Trinajstić information content (AvgIpc) is 3.20. The molecule has 0 fully saturated rings. The quantitative estimate of drug-likeness (QED) is 0.410. The fraction of sp³-hybridized carbons (Fsp3) is 0.174. The van der Waals surface area contributed by atoms with Crippen molar-refractivity contribution in [3.63, 3.8) is 0 Å². The van der Waals surface area contributed by atoms with Gasteiger partial charge in [-0.3, -0.25) is 14.7 Å². The molecular formula is C23H21ClN4OS. The van der Waals surface area contributed by atoms with Gasteiger partial charge in [-0.1, -0.05) is 29.0 Å². The molecule has 2 aromatic carbocycles. The summed E-state index contributed by atoms with van der Waals surface area (Å²) in [6, 6.07) is 17.1. The number of hydrogen-bond donors (Lipinski definition) is 0. The molecule has 152 valence electrons. The van der Waals surface area contributed by atoms with Crippen LogP contribution < -0.4 is 9.80 Å². The highest BCUT2D eigenvalue weighted by molar-refractivity contribution is 7.22. The smallest absolute Gasteiger partial charge is 0.260 e. The molecule has 2 heterocycles. The summed E-state index contributed by atoms with van der Waals surface area (Å²) < 4.78 is 0.994. The summed E-state index contributed by atoms with van der Waals surface area (Å²) in [4.78, 5) is 26.3. The van der Waals surface area contributed by atoms with Crippen LogP contribution in [0.4, 0.5) is 10.8 Å². The number of aryl methyl sites for hydroxylation is 1. The van der Waals surface area contributed by atoms with Gasteiger partial charge in [0.15, 0.2) is 5.13 Å². The molecule has 1 amide bonds. The first-order valence-corrected chi connectivity index (χ1v) is 10.7. The van der Waals surface area contributed by atoms with E-state index >= 15 is 0 Å². The molecule has 0 radical (unpaired) electrons. The Balaban J connectivity index is 1.76. The molecule has 0 aliphatic carbocycles. The summed E-state index contributed by atoms with van der Waals surface area (Å²) in [6.07, 6.45) is 1.73. The SMILES string of the molecule is Cc1c(Cl)ccc2sc(N(Cc3ccccn3)C(=O)c3ccc(N(C)C)cc3)nc12. The van der Waals surface area contributed by atoms with E-state index in [1.54, 1.807) is 11.1 Å². The summed E-state index contributed by atoms with van der Waals surface area (Å²) in [5.74, 6) is -0.117. The third-order valence-electron chi connectivity index (χ3n) is 4.89. The maximum Gasteiger partial charge on any atom is 0.260 e. The van der Waals surface area contributed by atoms with Crippen molar-refractivity contribution in [3.8, 4) is 0 Å². The van der Waals surface area contributed by atoms with E-state index < -0.39 is 0 Å². The molecule has 0 N–H and O–H groups in total. The lowest BCUT2D eigenvalue weighted by molar-refractivity contribution is 0.0985. The van der Waals surface area contributed by atoms with Gasteiger partial charge in [0.05, 0.1) is 22.5 Å². The van der Waals surface area contributed by atoms with E-state index in [1.807, 2.05) is 80.5 Å². The van der Waals surface area contributed by atoms with Gasteiger partial charge in [0.2, 0.25) is 0 Å². The van der Waals surface area contributed by atoms with Crippen molar-refractivity contribution in [2.45, 2.75) is 13.5 Å². The van der Waals surface area contributed by atoms with E-state index in [4.69, 9.17) is 16.6 Å². The predicted molar refractivity (Wildman–Crippen MR) is 125 cm³/mol. The lowest BCUT2D eigenvalue weighted by Gasteiger charge is -2.20. The highest BCUT2D eigenvalue weighted by Crippen LogP contribution is 2.34. The Labute approximate surface area is 184 Å². The van der Waals surface area contributed by atoms with Gasteiger partial charge in [0.25, 0.3) is 5.91 Å². The topological polar surface area (TPSA) is 49.3 Å². The van der Waals surface area contributed by atoms with Crippen molar-refractivity contribution in [2.24, 2.45) is 0 Å². The van der Waals surface area contributed by atoms with Crippen molar-refractivity contribution < 1.29 is 4.79 Å². The van der Waals surface area contributed by atoms with Gasteiger partial charge in [-0.15, -0.1) is 0 Å². The number of pyridine rings is 1. The molecule has 0 saturated carbocycles. The second-order valence-corrected chi connectivity index (χ2v) is 8.59. The second kappa shape index (κ2) is 8.42. The number of thiazole rings is 1. The number of benzene rings is 2. The van der Waals surface area contributed by atoms with Gasteiger partial charge in [0.1, 0.15) is 0 Å². The highest BCUT2D eigenvalue weighted by Gasteiger charge is 2.23. The summed E-state index contributed by atoms with van der Waals surface area (Å²) in [5, 5.41) is 1.30. The lowest BCUT2D eigenvalue weighted by Crippen LogP contribution is -2.30. The normalized spacial score (nSPS) is 10.9. The Morgan fingerprint density at radius 1 is 1.07 bits per heavy atom. The summed E-state index contributed by atoms with van der Waals surface area (Å²) in [7, 11) is 3.94. The molecule has 0 saturated heterocycles. The fourth-order valence-electron chi connectivity index (χ4n) is 3.14. The van der Waals surface area contributed by atoms with E-state index in [9.17, 15) is 4.79 Å². The van der Waals surface area contributed by atoms with Crippen LogP contribution in [0.5, 0.6) is 0 Å². The van der Waals surface area contributed by atoms with E-state index in [-0.39, 0.29) is 5.91 Å². The number of amides is 1. The van der Waals surface area contributed by atoms with Gasteiger partial charge in [-0.2, -0.15) is 0 Å². The number of carbonyl (C=O) groups is 1. The van der Waals surface area contributed by atoms with Crippen LogP contribution in [0.25, 0.3) is 10.2 Å². The third kappa shape index (κ3) is 4.01. The van der Waals surface area contributed by atoms with E-state index in [0.29, 0.717) is 22.3 Å². The number of halogens is 1. The number of carbonyl (C=O) groups excluding carboxylic acids is 1. The Hall–Kier alpha value is -2.96. The van der Waals surface area contributed by atoms with Gasteiger partial charge in [-0.25, -0.2) is 4.98 Å². The van der Waals surface area contributed by atoms with Crippen molar-refractivity contribution in [2.75, 3.05) is 23.9 Å². The molecule has 0 bridgehead atoms. The first-order chi connectivity index (χ1) is 14.4. The minimum atomic E-state index is -0.117. The molecule has 30 heavy (non-hydrogen) atoms. The first-order valence-electron chi connectivity index (χ1n) is 9.49.